The van der Waals surface area contributed by atoms with Gasteiger partial charge in [-0.15, -0.1) is 0 Å². The van der Waals surface area contributed by atoms with Crippen LogP contribution in [0, 0.1) is 0 Å². The Labute approximate surface area is 104 Å². The summed E-state index contributed by atoms with van der Waals surface area (Å²) < 4.78 is 41.4. The van der Waals surface area contributed by atoms with E-state index in [-0.39, 0.29) is 6.10 Å². The second-order valence-electron chi connectivity index (χ2n) is 4.35. The molecule has 106 valence electrons. The molecule has 0 bridgehead atoms. The third-order valence-electron chi connectivity index (χ3n) is 2.89. The van der Waals surface area contributed by atoms with Crippen molar-refractivity contribution in [1.82, 2.24) is 4.90 Å². The van der Waals surface area contributed by atoms with Crippen molar-refractivity contribution in [2.45, 2.75) is 38.0 Å². The SMILES string of the molecule is NCCOC1CCN(C(=O)CCC(F)(F)F)CC1. The molecule has 0 aromatic rings. The van der Waals surface area contributed by atoms with Crippen LogP contribution in [-0.4, -0.2) is 49.3 Å². The van der Waals surface area contributed by atoms with E-state index < -0.39 is 24.9 Å². The first-order valence-electron chi connectivity index (χ1n) is 6.08. The Kier molecular flexibility index (Phi) is 5.87. The predicted octanol–water partition coefficient (Wildman–Crippen LogP) is 1.30. The highest BCUT2D eigenvalue weighted by atomic mass is 19.4. The summed E-state index contributed by atoms with van der Waals surface area (Å²) in [5.41, 5.74) is 5.31. The number of halogens is 3. The van der Waals surface area contributed by atoms with Crippen LogP contribution in [0.4, 0.5) is 13.2 Å². The molecule has 7 heteroatoms. The summed E-state index contributed by atoms with van der Waals surface area (Å²) in [7, 11) is 0. The maximum Gasteiger partial charge on any atom is 0.389 e. The van der Waals surface area contributed by atoms with Gasteiger partial charge in [-0.25, -0.2) is 0 Å². The molecule has 1 heterocycles. The molecule has 0 radical (unpaired) electrons. The Morgan fingerprint density at radius 3 is 2.44 bits per heavy atom. The summed E-state index contributed by atoms with van der Waals surface area (Å²) in [6.07, 6.45) is -4.37. The zero-order chi connectivity index (χ0) is 13.6. The molecule has 0 spiro atoms. The van der Waals surface area contributed by atoms with Crippen molar-refractivity contribution in [2.75, 3.05) is 26.2 Å². The molecule has 1 amide bonds. The van der Waals surface area contributed by atoms with Crippen molar-refractivity contribution in [2.24, 2.45) is 5.73 Å². The van der Waals surface area contributed by atoms with Crippen molar-refractivity contribution in [3.63, 3.8) is 0 Å². The van der Waals surface area contributed by atoms with Crippen LogP contribution in [0.3, 0.4) is 0 Å². The van der Waals surface area contributed by atoms with Gasteiger partial charge >= 0.3 is 6.18 Å². The molecule has 2 N–H and O–H groups in total. The van der Waals surface area contributed by atoms with Crippen LogP contribution in [0.25, 0.3) is 0 Å². The normalized spacial score (nSPS) is 18.1. The Bertz CT molecular complexity index is 264. The predicted molar refractivity (Wildman–Crippen MR) is 59.9 cm³/mol. The first kappa shape index (κ1) is 15.2. The summed E-state index contributed by atoms with van der Waals surface area (Å²) >= 11 is 0. The molecule has 0 atom stereocenters. The number of carbonyl (C=O) groups is 1. The average Bonchev–Trinajstić information content (AvgIpc) is 2.33. The third kappa shape index (κ3) is 5.68. The number of rotatable bonds is 5. The maximum atomic E-state index is 12.0. The Balaban J connectivity index is 2.23. The summed E-state index contributed by atoms with van der Waals surface area (Å²) in [5, 5.41) is 0. The van der Waals surface area contributed by atoms with Crippen LogP contribution in [0.5, 0.6) is 0 Å². The van der Waals surface area contributed by atoms with Crippen LogP contribution in [0.2, 0.25) is 0 Å². The molecule has 18 heavy (non-hydrogen) atoms. The summed E-state index contributed by atoms with van der Waals surface area (Å²) in [5.74, 6) is -0.426. The van der Waals surface area contributed by atoms with Crippen molar-refractivity contribution < 1.29 is 22.7 Å². The molecule has 0 aromatic carbocycles. The van der Waals surface area contributed by atoms with Crippen molar-refractivity contribution in [3.05, 3.63) is 0 Å². The minimum absolute atomic E-state index is 0.0696. The maximum absolute atomic E-state index is 12.0. The number of amides is 1. The van der Waals surface area contributed by atoms with Gasteiger partial charge in [0.2, 0.25) is 5.91 Å². The fourth-order valence-corrected chi connectivity index (χ4v) is 1.91. The second-order valence-corrected chi connectivity index (χ2v) is 4.35. The second kappa shape index (κ2) is 6.94. The first-order valence-corrected chi connectivity index (χ1v) is 6.08. The van der Waals surface area contributed by atoms with E-state index in [1.807, 2.05) is 0 Å². The zero-order valence-electron chi connectivity index (χ0n) is 10.2. The molecular formula is C11H19F3N2O2. The molecule has 1 aliphatic heterocycles. The van der Waals surface area contributed by atoms with Gasteiger partial charge in [0, 0.05) is 26.1 Å². The number of carbonyl (C=O) groups excluding carboxylic acids is 1. The number of hydrogen-bond acceptors (Lipinski definition) is 3. The van der Waals surface area contributed by atoms with Gasteiger partial charge in [-0.05, 0) is 12.8 Å². The number of nitrogens with two attached hydrogens (primary N) is 1. The molecule has 0 aromatic heterocycles. The zero-order valence-corrected chi connectivity index (χ0v) is 10.2. The molecule has 1 saturated heterocycles. The molecule has 4 nitrogen and oxygen atoms in total. The molecule has 0 aliphatic carbocycles. The number of ether oxygens (including phenoxy) is 1. The van der Waals surface area contributed by atoms with Gasteiger partial charge in [-0.1, -0.05) is 0 Å². The summed E-state index contributed by atoms with van der Waals surface area (Å²) in [6, 6.07) is 0. The third-order valence-corrected chi connectivity index (χ3v) is 2.89. The van der Waals surface area contributed by atoms with E-state index in [2.05, 4.69) is 0 Å². The van der Waals surface area contributed by atoms with Crippen LogP contribution < -0.4 is 5.73 Å². The molecular weight excluding hydrogens is 249 g/mol. The lowest BCUT2D eigenvalue weighted by Gasteiger charge is -2.32. The summed E-state index contributed by atoms with van der Waals surface area (Å²) in [6.45, 7) is 1.86. The fourth-order valence-electron chi connectivity index (χ4n) is 1.91. The molecule has 1 aliphatic rings. The van der Waals surface area contributed by atoms with Crippen molar-refractivity contribution in [1.29, 1.82) is 0 Å². The molecule has 1 fully saturated rings. The monoisotopic (exact) mass is 268 g/mol. The van der Waals surface area contributed by atoms with Gasteiger partial charge in [-0.2, -0.15) is 13.2 Å². The minimum atomic E-state index is -4.27. The summed E-state index contributed by atoms with van der Waals surface area (Å²) in [4.78, 5) is 13.0. The van der Waals surface area contributed by atoms with E-state index >= 15 is 0 Å². The highest BCUT2D eigenvalue weighted by Crippen LogP contribution is 2.23. The van der Waals surface area contributed by atoms with Gasteiger partial charge in [-0.3, -0.25) is 4.79 Å². The Morgan fingerprint density at radius 1 is 1.33 bits per heavy atom. The number of likely N-dealkylation sites (tertiary alicyclic amines) is 1. The van der Waals surface area contributed by atoms with Gasteiger partial charge in [0.25, 0.3) is 0 Å². The van der Waals surface area contributed by atoms with Gasteiger partial charge in [0.15, 0.2) is 0 Å². The minimum Gasteiger partial charge on any atom is -0.377 e. The highest BCUT2D eigenvalue weighted by molar-refractivity contribution is 5.76. The van der Waals surface area contributed by atoms with E-state index in [0.717, 1.165) is 0 Å². The van der Waals surface area contributed by atoms with Crippen molar-refractivity contribution >= 4 is 5.91 Å². The lowest BCUT2D eigenvalue weighted by molar-refractivity contribution is -0.150. The van der Waals surface area contributed by atoms with E-state index in [1.165, 1.54) is 4.90 Å². The highest BCUT2D eigenvalue weighted by Gasteiger charge is 2.30. The Morgan fingerprint density at radius 2 is 1.94 bits per heavy atom. The van der Waals surface area contributed by atoms with Crippen LogP contribution in [-0.2, 0) is 9.53 Å². The number of hydrogen-bond donors (Lipinski definition) is 1. The lowest BCUT2D eigenvalue weighted by atomic mass is 10.1. The van der Waals surface area contributed by atoms with Gasteiger partial charge in [0.1, 0.15) is 0 Å². The Hall–Kier alpha value is -0.820. The van der Waals surface area contributed by atoms with Crippen LogP contribution in [0.15, 0.2) is 0 Å². The molecule has 1 rings (SSSR count). The first-order chi connectivity index (χ1) is 8.42. The smallest absolute Gasteiger partial charge is 0.377 e. The molecule has 0 unspecified atom stereocenters. The molecule has 0 saturated carbocycles. The quantitative estimate of drug-likeness (QED) is 0.817. The van der Waals surface area contributed by atoms with Gasteiger partial charge in [0.05, 0.1) is 19.1 Å². The van der Waals surface area contributed by atoms with Gasteiger partial charge < -0.3 is 15.4 Å². The van der Waals surface area contributed by atoms with E-state index in [4.69, 9.17) is 10.5 Å². The lowest BCUT2D eigenvalue weighted by Crippen LogP contribution is -2.41. The van der Waals surface area contributed by atoms with Crippen molar-refractivity contribution in [3.8, 4) is 0 Å². The van der Waals surface area contributed by atoms with E-state index in [1.54, 1.807) is 0 Å². The number of nitrogens with zero attached hydrogens (tertiary/aromatic N) is 1. The fraction of sp³-hybridized carbons (Fsp3) is 0.909. The standard InChI is InChI=1S/C11H19F3N2O2/c12-11(13,14)4-1-10(17)16-6-2-9(3-7-16)18-8-5-15/h9H,1-8,15H2. The van der Waals surface area contributed by atoms with Crippen LogP contribution >= 0.6 is 0 Å². The van der Waals surface area contributed by atoms with E-state index in [0.29, 0.717) is 39.1 Å². The topological polar surface area (TPSA) is 55.6 Å². The number of piperidine rings is 1. The largest absolute Gasteiger partial charge is 0.389 e. The average molecular weight is 268 g/mol. The number of alkyl halides is 3. The van der Waals surface area contributed by atoms with Crippen LogP contribution in [0.1, 0.15) is 25.7 Å². The van der Waals surface area contributed by atoms with E-state index in [9.17, 15) is 18.0 Å².